The van der Waals surface area contributed by atoms with Gasteiger partial charge in [0.15, 0.2) is 0 Å². The van der Waals surface area contributed by atoms with Crippen molar-refractivity contribution in [1.82, 2.24) is 5.32 Å². The summed E-state index contributed by atoms with van der Waals surface area (Å²) in [6, 6.07) is 9.28. The predicted molar refractivity (Wildman–Crippen MR) is 86.0 cm³/mol. The van der Waals surface area contributed by atoms with E-state index in [-0.39, 0.29) is 12.1 Å². The van der Waals surface area contributed by atoms with Gasteiger partial charge in [-0.2, -0.15) is 11.8 Å². The van der Waals surface area contributed by atoms with E-state index in [4.69, 9.17) is 0 Å². The smallest absolute Gasteiger partial charge is 0.0624 e. The maximum atomic E-state index is 9.94. The molecule has 0 aromatic heterocycles. The molecule has 0 spiro atoms. The van der Waals surface area contributed by atoms with Crippen LogP contribution in [0.2, 0.25) is 0 Å². The molecule has 2 aliphatic carbocycles. The maximum absolute atomic E-state index is 9.94. The quantitative estimate of drug-likeness (QED) is 0.772. The Kier molecular flexibility index (Phi) is 4.39. The topological polar surface area (TPSA) is 32.3 Å². The van der Waals surface area contributed by atoms with Gasteiger partial charge in [0.25, 0.3) is 0 Å². The zero-order valence-electron chi connectivity index (χ0n) is 12.3. The number of hydrogen-bond donors (Lipinski definition) is 2. The molecule has 0 bridgehead atoms. The molecule has 1 unspecified atom stereocenters. The molecule has 110 valence electrons. The second-order valence-electron chi connectivity index (χ2n) is 6.43. The summed E-state index contributed by atoms with van der Waals surface area (Å²) in [6.45, 7) is 2.47. The van der Waals surface area contributed by atoms with E-state index >= 15 is 0 Å². The minimum atomic E-state index is -0.0193. The van der Waals surface area contributed by atoms with E-state index < -0.39 is 0 Å². The van der Waals surface area contributed by atoms with Gasteiger partial charge in [-0.1, -0.05) is 24.3 Å². The maximum Gasteiger partial charge on any atom is 0.0624 e. The third kappa shape index (κ3) is 3.38. The summed E-state index contributed by atoms with van der Waals surface area (Å²) in [5, 5.41) is 13.7. The van der Waals surface area contributed by atoms with Crippen LogP contribution in [0.4, 0.5) is 0 Å². The normalized spacial score (nSPS) is 21.7. The lowest BCUT2D eigenvalue weighted by atomic mass is 9.96. The Hall–Kier alpha value is -0.510. The summed E-state index contributed by atoms with van der Waals surface area (Å²) in [5.74, 6) is 2.77. The second kappa shape index (κ2) is 6.08. The molecule has 0 saturated heterocycles. The van der Waals surface area contributed by atoms with Crippen molar-refractivity contribution in [2.45, 2.75) is 49.9 Å². The molecule has 2 nitrogen and oxygen atoms in total. The van der Waals surface area contributed by atoms with Gasteiger partial charge in [-0.25, -0.2) is 0 Å². The zero-order chi connectivity index (χ0) is 14.0. The van der Waals surface area contributed by atoms with E-state index in [9.17, 15) is 5.11 Å². The van der Waals surface area contributed by atoms with Crippen LogP contribution in [0.5, 0.6) is 0 Å². The highest BCUT2D eigenvalue weighted by molar-refractivity contribution is 7.98. The average molecular weight is 291 g/mol. The van der Waals surface area contributed by atoms with Crippen molar-refractivity contribution in [3.05, 3.63) is 35.4 Å². The van der Waals surface area contributed by atoms with Gasteiger partial charge in [0.05, 0.1) is 12.1 Å². The Morgan fingerprint density at radius 3 is 2.60 bits per heavy atom. The van der Waals surface area contributed by atoms with Crippen molar-refractivity contribution in [3.63, 3.8) is 0 Å². The van der Waals surface area contributed by atoms with Crippen molar-refractivity contribution < 1.29 is 5.11 Å². The van der Waals surface area contributed by atoms with Crippen LogP contribution in [-0.4, -0.2) is 29.0 Å². The molecule has 1 aromatic carbocycles. The number of benzene rings is 1. The van der Waals surface area contributed by atoms with Crippen molar-refractivity contribution >= 4 is 11.8 Å². The van der Waals surface area contributed by atoms with Gasteiger partial charge < -0.3 is 10.4 Å². The molecule has 0 aliphatic heterocycles. The Morgan fingerprint density at radius 1 is 1.25 bits per heavy atom. The molecule has 0 heterocycles. The Bertz CT molecular complexity index is 456. The molecule has 1 aromatic rings. The monoisotopic (exact) mass is 291 g/mol. The van der Waals surface area contributed by atoms with Gasteiger partial charge in [0.1, 0.15) is 0 Å². The number of nitrogens with one attached hydrogen (secondary N) is 1. The van der Waals surface area contributed by atoms with Crippen LogP contribution in [0.1, 0.15) is 36.8 Å². The highest BCUT2D eigenvalue weighted by Crippen LogP contribution is 2.43. The fraction of sp³-hybridized carbons (Fsp3) is 0.647. The lowest BCUT2D eigenvalue weighted by Crippen LogP contribution is -2.53. The SMILES string of the molecule is Cc1ccccc1CSCC(CO)(NC1CC1)C1CC1. The first-order valence-corrected chi connectivity index (χ1v) is 8.90. The Balaban J connectivity index is 1.57. The predicted octanol–water partition coefficient (Wildman–Crippen LogP) is 3.12. The molecular formula is C17H25NOS. The third-order valence-electron chi connectivity index (χ3n) is 4.59. The minimum Gasteiger partial charge on any atom is -0.394 e. The van der Waals surface area contributed by atoms with E-state index in [2.05, 4.69) is 36.5 Å². The standard InChI is InChI=1S/C17H25NOS/c1-13-4-2-3-5-14(13)10-20-12-17(11-19,15-6-7-15)18-16-8-9-16/h2-5,15-16,18-19H,6-12H2,1H3. The number of aliphatic hydroxyl groups is 1. The highest BCUT2D eigenvalue weighted by atomic mass is 32.2. The summed E-state index contributed by atoms with van der Waals surface area (Å²) in [7, 11) is 0. The van der Waals surface area contributed by atoms with Crippen molar-refractivity contribution in [2.75, 3.05) is 12.4 Å². The molecule has 2 fully saturated rings. The molecule has 2 aliphatic rings. The van der Waals surface area contributed by atoms with Crippen LogP contribution in [0, 0.1) is 12.8 Å². The van der Waals surface area contributed by atoms with Crippen LogP contribution in [-0.2, 0) is 5.75 Å². The van der Waals surface area contributed by atoms with E-state index in [1.54, 1.807) is 0 Å². The number of thioether (sulfide) groups is 1. The van der Waals surface area contributed by atoms with Crippen LogP contribution in [0.15, 0.2) is 24.3 Å². The fourth-order valence-corrected chi connectivity index (χ4v) is 4.30. The summed E-state index contributed by atoms with van der Waals surface area (Å²) in [5.41, 5.74) is 2.77. The fourth-order valence-electron chi connectivity index (χ4n) is 2.88. The van der Waals surface area contributed by atoms with E-state index in [0.29, 0.717) is 12.0 Å². The first kappa shape index (κ1) is 14.4. The second-order valence-corrected chi connectivity index (χ2v) is 7.41. The van der Waals surface area contributed by atoms with Gasteiger partial charge in [-0.15, -0.1) is 0 Å². The number of rotatable bonds is 8. The summed E-state index contributed by atoms with van der Waals surface area (Å²) in [6.07, 6.45) is 5.14. The van der Waals surface area contributed by atoms with Crippen LogP contribution >= 0.6 is 11.8 Å². The van der Waals surface area contributed by atoms with E-state index in [0.717, 1.165) is 11.5 Å². The van der Waals surface area contributed by atoms with Gasteiger partial charge in [-0.05, 0) is 49.7 Å². The van der Waals surface area contributed by atoms with Gasteiger partial charge >= 0.3 is 0 Å². The third-order valence-corrected chi connectivity index (χ3v) is 5.82. The van der Waals surface area contributed by atoms with Crippen LogP contribution in [0.25, 0.3) is 0 Å². The Morgan fingerprint density at radius 2 is 2.00 bits per heavy atom. The molecule has 3 rings (SSSR count). The van der Waals surface area contributed by atoms with Crippen LogP contribution in [0.3, 0.4) is 0 Å². The van der Waals surface area contributed by atoms with Crippen molar-refractivity contribution in [1.29, 1.82) is 0 Å². The van der Waals surface area contributed by atoms with E-state index in [1.165, 1.54) is 36.8 Å². The van der Waals surface area contributed by atoms with Gasteiger partial charge in [0.2, 0.25) is 0 Å². The lowest BCUT2D eigenvalue weighted by molar-refractivity contribution is 0.157. The van der Waals surface area contributed by atoms with Crippen molar-refractivity contribution in [3.8, 4) is 0 Å². The highest BCUT2D eigenvalue weighted by Gasteiger charge is 2.47. The van der Waals surface area contributed by atoms with Crippen molar-refractivity contribution in [2.24, 2.45) is 5.92 Å². The molecule has 0 radical (unpaired) electrons. The zero-order valence-corrected chi connectivity index (χ0v) is 13.1. The largest absolute Gasteiger partial charge is 0.394 e. The summed E-state index contributed by atoms with van der Waals surface area (Å²) < 4.78 is 0. The lowest BCUT2D eigenvalue weighted by Gasteiger charge is -2.33. The molecule has 1 atom stereocenters. The van der Waals surface area contributed by atoms with E-state index in [1.807, 2.05) is 11.8 Å². The molecule has 2 saturated carbocycles. The summed E-state index contributed by atoms with van der Waals surface area (Å²) >= 11 is 1.97. The molecule has 2 N–H and O–H groups in total. The first-order chi connectivity index (χ1) is 9.73. The minimum absolute atomic E-state index is 0.0193. The number of aryl methyl sites for hydroxylation is 1. The number of aliphatic hydroxyl groups excluding tert-OH is 1. The number of hydrogen-bond acceptors (Lipinski definition) is 3. The average Bonchev–Trinajstić information content (AvgIpc) is 3.33. The summed E-state index contributed by atoms with van der Waals surface area (Å²) in [4.78, 5) is 0. The molecular weight excluding hydrogens is 266 g/mol. The molecule has 3 heteroatoms. The molecule has 20 heavy (non-hydrogen) atoms. The van der Waals surface area contributed by atoms with Crippen LogP contribution < -0.4 is 5.32 Å². The first-order valence-electron chi connectivity index (χ1n) is 7.74. The molecule has 0 amide bonds. The van der Waals surface area contributed by atoms with Gasteiger partial charge in [0, 0.05) is 17.5 Å². The Labute approximate surface area is 126 Å². The van der Waals surface area contributed by atoms with Gasteiger partial charge in [-0.3, -0.25) is 0 Å².